The van der Waals surface area contributed by atoms with Gasteiger partial charge in [0.1, 0.15) is 0 Å². The van der Waals surface area contributed by atoms with Crippen molar-refractivity contribution in [2.75, 3.05) is 38.1 Å². The minimum absolute atomic E-state index is 0.681. The molecular formula is C16H27N3. The summed E-state index contributed by atoms with van der Waals surface area (Å²) < 4.78 is 0. The molecule has 1 unspecified atom stereocenters. The molecule has 106 valence electrons. The van der Waals surface area contributed by atoms with Gasteiger partial charge in [0, 0.05) is 37.9 Å². The Morgan fingerprint density at radius 1 is 1.21 bits per heavy atom. The van der Waals surface area contributed by atoms with Crippen LogP contribution < -0.4 is 10.2 Å². The fourth-order valence-electron chi connectivity index (χ4n) is 2.83. The first-order chi connectivity index (χ1) is 9.26. The normalized spacial score (nSPS) is 20.8. The zero-order valence-electron chi connectivity index (χ0n) is 12.5. The first-order valence-corrected chi connectivity index (χ1v) is 7.50. The highest BCUT2D eigenvalue weighted by atomic mass is 15.3. The molecule has 2 rings (SSSR count). The molecule has 1 atom stereocenters. The first kappa shape index (κ1) is 14.4. The third kappa shape index (κ3) is 3.48. The number of para-hydroxylation sites is 1. The van der Waals surface area contributed by atoms with Crippen LogP contribution in [-0.2, 0) is 6.54 Å². The third-order valence-corrected chi connectivity index (χ3v) is 4.15. The number of hydrogen-bond donors (Lipinski definition) is 1. The lowest BCUT2D eigenvalue weighted by Crippen LogP contribution is -2.51. The molecule has 1 N–H and O–H groups in total. The summed E-state index contributed by atoms with van der Waals surface area (Å²) in [6, 6.07) is 9.50. The fraction of sp³-hybridized carbons (Fsp3) is 0.625. The molecule has 0 spiro atoms. The molecule has 0 bridgehead atoms. The van der Waals surface area contributed by atoms with Crippen molar-refractivity contribution in [2.45, 2.75) is 32.9 Å². The van der Waals surface area contributed by atoms with E-state index in [1.165, 1.54) is 17.7 Å². The lowest BCUT2D eigenvalue weighted by molar-refractivity contribution is 0.213. The summed E-state index contributed by atoms with van der Waals surface area (Å²) in [6.45, 7) is 9.88. The summed E-state index contributed by atoms with van der Waals surface area (Å²) in [5.74, 6) is 0. The Bertz CT molecular complexity index is 391. The van der Waals surface area contributed by atoms with E-state index in [2.05, 4.69) is 60.3 Å². The van der Waals surface area contributed by atoms with Crippen molar-refractivity contribution in [2.24, 2.45) is 0 Å². The van der Waals surface area contributed by atoms with Crippen LogP contribution in [0.2, 0.25) is 0 Å². The van der Waals surface area contributed by atoms with Gasteiger partial charge in [-0.25, -0.2) is 0 Å². The van der Waals surface area contributed by atoms with E-state index in [1.807, 2.05) is 0 Å². The molecule has 0 aliphatic carbocycles. The lowest BCUT2D eigenvalue weighted by atomic mass is 10.1. The molecule has 1 fully saturated rings. The van der Waals surface area contributed by atoms with Crippen LogP contribution in [0, 0.1) is 0 Å². The van der Waals surface area contributed by atoms with Crippen LogP contribution in [0.5, 0.6) is 0 Å². The van der Waals surface area contributed by atoms with Crippen molar-refractivity contribution < 1.29 is 0 Å². The van der Waals surface area contributed by atoms with E-state index in [9.17, 15) is 0 Å². The lowest BCUT2D eigenvalue weighted by Gasteiger charge is -2.41. The van der Waals surface area contributed by atoms with Crippen molar-refractivity contribution in [3.05, 3.63) is 29.8 Å². The first-order valence-electron chi connectivity index (χ1n) is 7.50. The molecule has 1 aliphatic rings. The maximum atomic E-state index is 3.44. The summed E-state index contributed by atoms with van der Waals surface area (Å²) in [4.78, 5) is 5.05. The number of hydrogen-bond acceptors (Lipinski definition) is 3. The van der Waals surface area contributed by atoms with Crippen LogP contribution in [0.3, 0.4) is 0 Å². The van der Waals surface area contributed by atoms with E-state index in [0.29, 0.717) is 6.04 Å². The molecule has 3 nitrogen and oxygen atoms in total. The van der Waals surface area contributed by atoms with E-state index >= 15 is 0 Å². The van der Waals surface area contributed by atoms with Gasteiger partial charge in [-0.2, -0.15) is 0 Å². The molecule has 1 saturated heterocycles. The van der Waals surface area contributed by atoms with Crippen LogP contribution in [0.25, 0.3) is 0 Å². The highest BCUT2D eigenvalue weighted by Gasteiger charge is 2.23. The molecule has 19 heavy (non-hydrogen) atoms. The Hall–Kier alpha value is -1.06. The molecule has 0 amide bonds. The average molecular weight is 261 g/mol. The third-order valence-electron chi connectivity index (χ3n) is 4.15. The average Bonchev–Trinajstić information content (AvgIpc) is 2.46. The molecule has 1 aromatic rings. The Labute approximate surface area is 117 Å². The summed E-state index contributed by atoms with van der Waals surface area (Å²) in [5.41, 5.74) is 2.83. The van der Waals surface area contributed by atoms with Crippen molar-refractivity contribution >= 4 is 5.69 Å². The molecule has 3 heteroatoms. The van der Waals surface area contributed by atoms with Gasteiger partial charge in [0.05, 0.1) is 0 Å². The van der Waals surface area contributed by atoms with Crippen molar-refractivity contribution in [1.82, 2.24) is 10.2 Å². The van der Waals surface area contributed by atoms with Gasteiger partial charge in [0.2, 0.25) is 0 Å². The van der Waals surface area contributed by atoms with Gasteiger partial charge in [-0.1, -0.05) is 32.0 Å². The maximum absolute atomic E-state index is 3.44. The molecule has 1 aliphatic heterocycles. The molecule has 0 saturated carbocycles. The van der Waals surface area contributed by atoms with E-state index in [1.54, 1.807) is 0 Å². The van der Waals surface area contributed by atoms with E-state index in [0.717, 1.165) is 32.7 Å². The van der Waals surface area contributed by atoms with Crippen molar-refractivity contribution in [1.29, 1.82) is 0 Å². The molecule has 0 radical (unpaired) electrons. The van der Waals surface area contributed by atoms with Crippen LogP contribution in [0.15, 0.2) is 24.3 Å². The SMILES string of the molecule is CCNCc1ccccc1N1CCN(C)C(CC)C1. The number of benzene rings is 1. The second-order valence-corrected chi connectivity index (χ2v) is 5.40. The van der Waals surface area contributed by atoms with Crippen LogP contribution >= 0.6 is 0 Å². The standard InChI is InChI=1S/C16H27N3/c1-4-15-13-19(11-10-18(15)3)16-9-7-6-8-14(16)12-17-5-2/h6-9,15,17H,4-5,10-13H2,1-3H3. The second-order valence-electron chi connectivity index (χ2n) is 5.40. The van der Waals surface area contributed by atoms with Crippen LogP contribution in [-0.4, -0.2) is 44.2 Å². The summed E-state index contributed by atoms with van der Waals surface area (Å²) in [7, 11) is 2.25. The maximum Gasteiger partial charge on any atom is 0.0412 e. The molecule has 1 heterocycles. The molecule has 0 aromatic heterocycles. The minimum Gasteiger partial charge on any atom is -0.368 e. The highest BCUT2D eigenvalue weighted by molar-refractivity contribution is 5.54. The fourth-order valence-corrected chi connectivity index (χ4v) is 2.83. The second kappa shape index (κ2) is 6.92. The number of rotatable bonds is 5. The minimum atomic E-state index is 0.681. The Morgan fingerprint density at radius 3 is 2.74 bits per heavy atom. The van der Waals surface area contributed by atoms with Gasteiger partial charge in [-0.3, -0.25) is 4.90 Å². The number of piperazine rings is 1. The number of nitrogens with one attached hydrogen (secondary N) is 1. The summed E-state index contributed by atoms with van der Waals surface area (Å²) in [5, 5.41) is 3.44. The van der Waals surface area contributed by atoms with Crippen molar-refractivity contribution in [3.63, 3.8) is 0 Å². The van der Waals surface area contributed by atoms with Crippen LogP contribution in [0.4, 0.5) is 5.69 Å². The van der Waals surface area contributed by atoms with Gasteiger partial charge in [0.25, 0.3) is 0 Å². The highest BCUT2D eigenvalue weighted by Crippen LogP contribution is 2.23. The van der Waals surface area contributed by atoms with E-state index in [4.69, 9.17) is 0 Å². The van der Waals surface area contributed by atoms with Gasteiger partial charge in [-0.15, -0.1) is 0 Å². The topological polar surface area (TPSA) is 18.5 Å². The van der Waals surface area contributed by atoms with E-state index < -0.39 is 0 Å². The number of anilines is 1. The zero-order chi connectivity index (χ0) is 13.7. The largest absolute Gasteiger partial charge is 0.368 e. The summed E-state index contributed by atoms with van der Waals surface area (Å²) in [6.07, 6.45) is 1.22. The molecule has 1 aromatic carbocycles. The van der Waals surface area contributed by atoms with E-state index in [-0.39, 0.29) is 0 Å². The van der Waals surface area contributed by atoms with Crippen LogP contribution in [0.1, 0.15) is 25.8 Å². The van der Waals surface area contributed by atoms with Gasteiger partial charge in [0.15, 0.2) is 0 Å². The Kier molecular flexibility index (Phi) is 5.23. The quantitative estimate of drug-likeness (QED) is 0.877. The zero-order valence-corrected chi connectivity index (χ0v) is 12.5. The van der Waals surface area contributed by atoms with Gasteiger partial charge in [-0.05, 0) is 31.6 Å². The molecular weight excluding hydrogens is 234 g/mol. The van der Waals surface area contributed by atoms with Gasteiger partial charge >= 0.3 is 0 Å². The predicted octanol–water partition coefficient (Wildman–Crippen LogP) is 2.33. The number of likely N-dealkylation sites (N-methyl/N-ethyl adjacent to an activating group) is 1. The number of nitrogens with zero attached hydrogens (tertiary/aromatic N) is 2. The monoisotopic (exact) mass is 261 g/mol. The predicted molar refractivity (Wildman–Crippen MR) is 82.7 cm³/mol. The smallest absolute Gasteiger partial charge is 0.0412 e. The van der Waals surface area contributed by atoms with Gasteiger partial charge < -0.3 is 10.2 Å². The van der Waals surface area contributed by atoms with Crippen molar-refractivity contribution in [3.8, 4) is 0 Å². The summed E-state index contributed by atoms with van der Waals surface area (Å²) >= 11 is 0. The Balaban J connectivity index is 2.12. The Morgan fingerprint density at radius 2 is 2.00 bits per heavy atom.